The van der Waals surface area contributed by atoms with Gasteiger partial charge in [-0.05, 0) is 18.3 Å². The quantitative estimate of drug-likeness (QED) is 0.570. The van der Waals surface area contributed by atoms with Crippen LogP contribution in [0.4, 0.5) is 8.78 Å². The van der Waals surface area contributed by atoms with E-state index in [1.165, 1.54) is 5.57 Å². The lowest BCUT2D eigenvalue weighted by Crippen LogP contribution is -2.24. The van der Waals surface area contributed by atoms with Gasteiger partial charge in [-0.1, -0.05) is 32.4 Å². The highest BCUT2D eigenvalue weighted by Crippen LogP contribution is 2.40. The van der Waals surface area contributed by atoms with Crippen LogP contribution >= 0.6 is 0 Å². The number of hydrogen-bond donors (Lipinski definition) is 0. The average molecular weight is 188 g/mol. The zero-order valence-corrected chi connectivity index (χ0v) is 8.66. The van der Waals surface area contributed by atoms with Gasteiger partial charge in [0.05, 0.1) is 0 Å². The molecular weight excluding hydrogens is 170 g/mol. The summed E-state index contributed by atoms with van der Waals surface area (Å²) in [4.78, 5) is 0. The molecule has 2 heteroatoms. The molecule has 0 nitrogen and oxygen atoms in total. The maximum atomic E-state index is 12.8. The van der Waals surface area contributed by atoms with Crippen molar-refractivity contribution in [3.63, 3.8) is 0 Å². The van der Waals surface area contributed by atoms with Crippen LogP contribution < -0.4 is 0 Å². The van der Waals surface area contributed by atoms with E-state index in [2.05, 4.69) is 20.8 Å². The molecule has 0 fully saturated rings. The van der Waals surface area contributed by atoms with Crippen molar-refractivity contribution >= 4 is 0 Å². The molecule has 0 spiro atoms. The highest BCUT2D eigenvalue weighted by atomic mass is 19.3. The number of halogens is 2. The Morgan fingerprint density at radius 3 is 2.46 bits per heavy atom. The van der Waals surface area contributed by atoms with Gasteiger partial charge in [-0.15, -0.1) is 0 Å². The molecule has 0 bridgehead atoms. The third kappa shape index (κ3) is 2.52. The fourth-order valence-electron chi connectivity index (χ4n) is 1.64. The van der Waals surface area contributed by atoms with Crippen LogP contribution in [0.5, 0.6) is 0 Å². The molecule has 0 saturated heterocycles. The van der Waals surface area contributed by atoms with Crippen LogP contribution in [-0.2, 0) is 0 Å². The first-order chi connectivity index (χ1) is 5.87. The molecule has 1 aliphatic carbocycles. The van der Waals surface area contributed by atoms with E-state index < -0.39 is 5.92 Å². The van der Waals surface area contributed by atoms with Crippen LogP contribution in [-0.4, -0.2) is 5.92 Å². The number of allylic oxidation sites excluding steroid dienone is 2. The smallest absolute Gasteiger partial charge is 0.207 e. The van der Waals surface area contributed by atoms with Crippen molar-refractivity contribution in [3.05, 3.63) is 11.6 Å². The monoisotopic (exact) mass is 188 g/mol. The average Bonchev–Trinajstić information content (AvgIpc) is 2.04. The van der Waals surface area contributed by atoms with E-state index in [1.54, 1.807) is 6.08 Å². The summed E-state index contributed by atoms with van der Waals surface area (Å²) in [5.41, 5.74) is 1.32. The van der Waals surface area contributed by atoms with Crippen LogP contribution in [0.15, 0.2) is 11.6 Å². The predicted octanol–water partition coefficient (Wildman–Crippen LogP) is 4.17. The van der Waals surface area contributed by atoms with Gasteiger partial charge in [-0.25, -0.2) is 8.78 Å². The highest BCUT2D eigenvalue weighted by Gasteiger charge is 2.34. The minimum Gasteiger partial charge on any atom is -0.207 e. The van der Waals surface area contributed by atoms with Crippen molar-refractivity contribution < 1.29 is 8.78 Å². The Morgan fingerprint density at radius 2 is 2.08 bits per heavy atom. The molecule has 0 aromatic heterocycles. The molecule has 0 radical (unpaired) electrons. The van der Waals surface area contributed by atoms with Gasteiger partial charge < -0.3 is 0 Å². The normalized spacial score (nSPS) is 22.7. The first-order valence-corrected chi connectivity index (χ1v) is 4.95. The lowest BCUT2D eigenvalue weighted by molar-refractivity contribution is -0.0107. The molecule has 76 valence electrons. The molecule has 0 saturated carbocycles. The van der Waals surface area contributed by atoms with Crippen molar-refractivity contribution in [2.75, 3.05) is 0 Å². The second kappa shape index (κ2) is 3.39. The van der Waals surface area contributed by atoms with E-state index in [1.807, 2.05) is 0 Å². The molecule has 0 unspecified atom stereocenters. The van der Waals surface area contributed by atoms with Crippen LogP contribution in [0.25, 0.3) is 0 Å². The SMILES string of the molecule is CCC(C)(C)C1=CCC(F)(F)CC1. The molecule has 0 N–H and O–H groups in total. The maximum Gasteiger partial charge on any atom is 0.251 e. The van der Waals surface area contributed by atoms with Crippen molar-refractivity contribution in [2.45, 2.75) is 52.4 Å². The standard InChI is InChI=1S/C11H18F2/c1-4-10(2,3)9-5-7-11(12,13)8-6-9/h5H,4,6-8H2,1-3H3. The minimum atomic E-state index is -2.45. The van der Waals surface area contributed by atoms with E-state index >= 15 is 0 Å². The number of alkyl halides is 2. The largest absolute Gasteiger partial charge is 0.251 e. The molecular formula is C11H18F2. The molecule has 13 heavy (non-hydrogen) atoms. The highest BCUT2D eigenvalue weighted by molar-refractivity contribution is 5.16. The second-order valence-electron chi connectivity index (χ2n) is 4.53. The molecule has 0 heterocycles. The predicted molar refractivity (Wildman–Crippen MR) is 51.0 cm³/mol. The lowest BCUT2D eigenvalue weighted by atomic mass is 9.76. The van der Waals surface area contributed by atoms with Crippen LogP contribution in [0.3, 0.4) is 0 Å². The van der Waals surface area contributed by atoms with Crippen LogP contribution in [0.1, 0.15) is 46.5 Å². The molecule has 1 rings (SSSR count). The number of rotatable bonds is 2. The van der Waals surface area contributed by atoms with Crippen molar-refractivity contribution in [2.24, 2.45) is 5.41 Å². The number of hydrogen-bond acceptors (Lipinski definition) is 0. The van der Waals surface area contributed by atoms with Gasteiger partial charge >= 0.3 is 0 Å². The Kier molecular flexibility index (Phi) is 2.79. The first-order valence-electron chi connectivity index (χ1n) is 4.95. The topological polar surface area (TPSA) is 0 Å². The summed E-state index contributed by atoms with van der Waals surface area (Å²) in [7, 11) is 0. The van der Waals surface area contributed by atoms with Gasteiger partial charge in [0, 0.05) is 12.8 Å². The Bertz CT molecular complexity index is 214. The Balaban J connectivity index is 2.71. The summed E-state index contributed by atoms with van der Waals surface area (Å²) < 4.78 is 25.7. The Morgan fingerprint density at radius 1 is 1.46 bits per heavy atom. The van der Waals surface area contributed by atoms with Crippen LogP contribution in [0, 0.1) is 5.41 Å². The van der Waals surface area contributed by atoms with Crippen molar-refractivity contribution in [3.8, 4) is 0 Å². The van der Waals surface area contributed by atoms with Crippen molar-refractivity contribution in [1.29, 1.82) is 0 Å². The minimum absolute atomic E-state index is 0.0300. The molecule has 0 atom stereocenters. The Labute approximate surface area is 79.0 Å². The molecule has 1 aliphatic rings. The van der Waals surface area contributed by atoms with Crippen LogP contribution in [0.2, 0.25) is 0 Å². The van der Waals surface area contributed by atoms with E-state index in [4.69, 9.17) is 0 Å². The van der Waals surface area contributed by atoms with Gasteiger partial charge in [0.25, 0.3) is 5.92 Å². The zero-order chi connectivity index (χ0) is 10.1. The molecule has 0 aliphatic heterocycles. The fraction of sp³-hybridized carbons (Fsp3) is 0.818. The van der Waals surface area contributed by atoms with Gasteiger partial charge in [0.15, 0.2) is 0 Å². The summed E-state index contributed by atoms with van der Waals surface area (Å²) >= 11 is 0. The fourth-order valence-corrected chi connectivity index (χ4v) is 1.64. The van der Waals surface area contributed by atoms with E-state index in [0.717, 1.165) is 6.42 Å². The van der Waals surface area contributed by atoms with E-state index in [0.29, 0.717) is 6.42 Å². The first kappa shape index (κ1) is 10.7. The van der Waals surface area contributed by atoms with E-state index in [-0.39, 0.29) is 18.3 Å². The second-order valence-corrected chi connectivity index (χ2v) is 4.53. The summed E-state index contributed by atoms with van der Waals surface area (Å²) in [6, 6.07) is 0. The van der Waals surface area contributed by atoms with Crippen molar-refractivity contribution in [1.82, 2.24) is 0 Å². The summed E-state index contributed by atoms with van der Waals surface area (Å²) in [5, 5.41) is 0. The van der Waals surface area contributed by atoms with E-state index in [9.17, 15) is 8.78 Å². The van der Waals surface area contributed by atoms with Gasteiger partial charge in [0.2, 0.25) is 0 Å². The van der Waals surface area contributed by atoms with Gasteiger partial charge in [-0.2, -0.15) is 0 Å². The molecule has 0 amide bonds. The summed E-state index contributed by atoms with van der Waals surface area (Å²) in [6.07, 6.45) is 3.29. The zero-order valence-electron chi connectivity index (χ0n) is 8.66. The lowest BCUT2D eigenvalue weighted by Gasteiger charge is -2.31. The summed E-state index contributed by atoms with van der Waals surface area (Å²) in [5.74, 6) is -2.45. The summed E-state index contributed by atoms with van der Waals surface area (Å²) in [6.45, 7) is 6.36. The Hall–Kier alpha value is -0.400. The molecule has 0 aromatic carbocycles. The van der Waals surface area contributed by atoms with Gasteiger partial charge in [0.1, 0.15) is 0 Å². The molecule has 0 aromatic rings. The maximum absolute atomic E-state index is 12.8. The third-order valence-electron chi connectivity index (χ3n) is 3.16. The third-order valence-corrected chi connectivity index (χ3v) is 3.16. The van der Waals surface area contributed by atoms with Gasteiger partial charge in [-0.3, -0.25) is 0 Å².